The average molecular weight is 188 g/mol. The molecule has 3 nitrogen and oxygen atoms in total. The molecule has 1 aromatic rings. The Kier molecular flexibility index (Phi) is 6.11. The van der Waals surface area contributed by atoms with Gasteiger partial charge in [0.2, 0.25) is 0 Å². The van der Waals surface area contributed by atoms with Gasteiger partial charge >= 0.3 is 36.9 Å². The van der Waals surface area contributed by atoms with Crippen molar-refractivity contribution >= 4 is 13.4 Å². The van der Waals surface area contributed by atoms with E-state index in [1.165, 1.54) is 0 Å². The van der Waals surface area contributed by atoms with E-state index in [-0.39, 0.29) is 31.0 Å². The molecule has 1 rings (SSSR count). The zero-order valence-corrected chi connectivity index (χ0v) is 9.47. The van der Waals surface area contributed by atoms with Crippen molar-refractivity contribution in [3.8, 4) is 5.75 Å². The number of rotatable bonds is 3. The fraction of sp³-hybridized carbons (Fsp3) is 0. The van der Waals surface area contributed by atoms with Crippen LogP contribution < -0.4 is 34.2 Å². The summed E-state index contributed by atoms with van der Waals surface area (Å²) in [6.45, 7) is 3.58. The van der Waals surface area contributed by atoms with Gasteiger partial charge in [-0.25, -0.2) is 0 Å². The maximum atomic E-state index is 8.45. The van der Waals surface area contributed by atoms with Crippen molar-refractivity contribution in [3.05, 3.63) is 36.4 Å². The first-order valence-electron chi connectivity index (χ1n) is 3.47. The molecule has 5 heteroatoms. The third-order valence-electron chi connectivity index (χ3n) is 1.36. The van der Waals surface area contributed by atoms with Gasteiger partial charge in [0, 0.05) is 0 Å². The summed E-state index contributed by atoms with van der Waals surface area (Å²) in [5.41, 5.74) is 0.953. The van der Waals surface area contributed by atoms with E-state index in [0.29, 0.717) is 5.75 Å². The van der Waals surface area contributed by atoms with Gasteiger partial charge in [0.25, 0.3) is 0 Å². The normalized spacial score (nSPS) is 8.46. The van der Waals surface area contributed by atoms with Crippen molar-refractivity contribution in [2.24, 2.45) is 0 Å². The van der Waals surface area contributed by atoms with Crippen molar-refractivity contribution in [1.82, 2.24) is 0 Å². The maximum Gasteiger partial charge on any atom is 1.00 e. The molecule has 0 amide bonds. The minimum Gasteiger partial charge on any atom is -1.00 e. The third kappa shape index (κ3) is 4.50. The number of benzene rings is 1. The molecule has 0 bridgehead atoms. The van der Waals surface area contributed by atoms with Crippen LogP contribution in [0, 0.1) is 0 Å². The van der Waals surface area contributed by atoms with Crippen LogP contribution in [0.1, 0.15) is 6.99 Å². The van der Waals surface area contributed by atoms with Gasteiger partial charge in [-0.1, -0.05) is 24.8 Å². The Hall–Kier alpha value is -0.255. The molecule has 2 N–H and O–H groups in total. The van der Waals surface area contributed by atoms with E-state index in [4.69, 9.17) is 10.0 Å². The summed E-state index contributed by atoms with van der Waals surface area (Å²) < 4.78 is 4.59. The van der Waals surface area contributed by atoms with E-state index >= 15 is 0 Å². The molecule has 0 aliphatic heterocycles. The topological polar surface area (TPSA) is 49.7 Å². The summed E-state index contributed by atoms with van der Waals surface area (Å²) in [5.74, 6) is 0.413. The SMILES string of the molecule is C=Cc1ccc(OB(O)O)cc1.[H-].[Na+]. The van der Waals surface area contributed by atoms with Gasteiger partial charge in [0.15, 0.2) is 0 Å². The molecule has 1 aromatic carbocycles. The monoisotopic (exact) mass is 188 g/mol. The van der Waals surface area contributed by atoms with Crippen molar-refractivity contribution in [2.75, 3.05) is 0 Å². The van der Waals surface area contributed by atoms with Crippen LogP contribution in [0.2, 0.25) is 0 Å². The molecule has 64 valence electrons. The van der Waals surface area contributed by atoms with Crippen molar-refractivity contribution in [3.63, 3.8) is 0 Å². The fourth-order valence-corrected chi connectivity index (χ4v) is 0.804. The summed E-state index contributed by atoms with van der Waals surface area (Å²) in [6.07, 6.45) is 1.69. The Morgan fingerprint density at radius 2 is 1.85 bits per heavy atom. The van der Waals surface area contributed by atoms with Crippen molar-refractivity contribution < 1.29 is 45.7 Å². The quantitative estimate of drug-likeness (QED) is 0.529. The molecule has 0 radical (unpaired) electrons. The fourth-order valence-electron chi connectivity index (χ4n) is 0.804. The first-order valence-corrected chi connectivity index (χ1v) is 3.47. The molecule has 0 fully saturated rings. The van der Waals surface area contributed by atoms with Gasteiger partial charge in [-0.3, -0.25) is 0 Å². The standard InChI is InChI=1S/C8H9BO3.Na.H/c1-2-7-3-5-8(6-4-7)12-9(10)11;;/h2-6,10-11H,1H2;;/q;+1;-1. The summed E-state index contributed by atoms with van der Waals surface area (Å²) >= 11 is 0. The number of hydrogen-bond acceptors (Lipinski definition) is 3. The molecular weight excluding hydrogens is 178 g/mol. The average Bonchev–Trinajstić information content (AvgIpc) is 2.05. The second-order valence-electron chi connectivity index (χ2n) is 2.22. The van der Waals surface area contributed by atoms with Crippen LogP contribution in [0.25, 0.3) is 6.08 Å². The van der Waals surface area contributed by atoms with Crippen molar-refractivity contribution in [1.29, 1.82) is 0 Å². The second kappa shape index (κ2) is 6.24. The van der Waals surface area contributed by atoms with E-state index in [1.807, 2.05) is 0 Å². The largest absolute Gasteiger partial charge is 1.00 e. The first kappa shape index (κ1) is 12.7. The molecule has 0 unspecified atom stereocenters. The van der Waals surface area contributed by atoms with Gasteiger partial charge in [-0.15, -0.1) is 0 Å². The molecule has 0 aromatic heterocycles. The summed E-state index contributed by atoms with van der Waals surface area (Å²) in [5, 5.41) is 16.9. The van der Waals surface area contributed by atoms with Crippen LogP contribution in [-0.2, 0) is 0 Å². The zero-order chi connectivity index (χ0) is 8.97. The maximum absolute atomic E-state index is 8.45. The molecule has 0 heterocycles. The smallest absolute Gasteiger partial charge is 1.00 e. The Morgan fingerprint density at radius 1 is 1.31 bits per heavy atom. The third-order valence-corrected chi connectivity index (χ3v) is 1.36. The van der Waals surface area contributed by atoms with Crippen LogP contribution in [0.3, 0.4) is 0 Å². The molecule has 0 spiro atoms. The predicted molar refractivity (Wildman–Crippen MR) is 48.5 cm³/mol. The van der Waals surface area contributed by atoms with Gasteiger partial charge in [-0.2, -0.15) is 0 Å². The van der Waals surface area contributed by atoms with E-state index in [9.17, 15) is 0 Å². The van der Waals surface area contributed by atoms with Crippen LogP contribution in [-0.4, -0.2) is 17.4 Å². The van der Waals surface area contributed by atoms with Crippen LogP contribution in [0.5, 0.6) is 5.75 Å². The zero-order valence-electron chi connectivity index (χ0n) is 8.47. The predicted octanol–water partition coefficient (Wildman–Crippen LogP) is -2.21. The second-order valence-corrected chi connectivity index (χ2v) is 2.22. The van der Waals surface area contributed by atoms with E-state index in [0.717, 1.165) is 5.56 Å². The summed E-state index contributed by atoms with van der Waals surface area (Å²) in [7, 11) is -1.76. The Morgan fingerprint density at radius 3 is 2.23 bits per heavy atom. The summed E-state index contributed by atoms with van der Waals surface area (Å²) in [6, 6.07) is 6.81. The van der Waals surface area contributed by atoms with Gasteiger partial charge in [0.05, 0.1) is 0 Å². The minimum atomic E-state index is -1.76. The molecule has 0 saturated carbocycles. The van der Waals surface area contributed by atoms with Crippen LogP contribution in [0.15, 0.2) is 30.8 Å². The Bertz CT molecular complexity index is 266. The summed E-state index contributed by atoms with van der Waals surface area (Å²) in [4.78, 5) is 0. The molecule has 0 aliphatic rings. The van der Waals surface area contributed by atoms with E-state index in [2.05, 4.69) is 11.2 Å². The Balaban J connectivity index is 0. The molecular formula is C8H10BNaO3. The minimum absolute atomic E-state index is 0. The Labute approximate surface area is 101 Å². The molecule has 0 saturated heterocycles. The number of hydrogen-bond donors (Lipinski definition) is 2. The van der Waals surface area contributed by atoms with Crippen LogP contribution >= 0.6 is 0 Å². The van der Waals surface area contributed by atoms with E-state index < -0.39 is 7.32 Å². The van der Waals surface area contributed by atoms with Crippen molar-refractivity contribution in [2.45, 2.75) is 0 Å². The molecule has 0 atom stereocenters. The van der Waals surface area contributed by atoms with Crippen LogP contribution in [0.4, 0.5) is 0 Å². The van der Waals surface area contributed by atoms with E-state index in [1.54, 1.807) is 30.3 Å². The van der Waals surface area contributed by atoms with Gasteiger partial charge in [-0.05, 0) is 17.7 Å². The molecule has 13 heavy (non-hydrogen) atoms. The first-order chi connectivity index (χ1) is 5.72. The molecule has 0 aliphatic carbocycles. The van der Waals surface area contributed by atoms with Gasteiger partial charge < -0.3 is 16.1 Å². The van der Waals surface area contributed by atoms with Gasteiger partial charge in [0.1, 0.15) is 5.75 Å².